The van der Waals surface area contributed by atoms with E-state index in [4.69, 9.17) is 5.11 Å². The minimum Gasteiger partial charge on any atom is -0.392 e. The second-order valence-corrected chi connectivity index (χ2v) is 3.78. The highest BCUT2D eigenvalue weighted by Crippen LogP contribution is 2.15. The molecule has 0 radical (unpaired) electrons. The summed E-state index contributed by atoms with van der Waals surface area (Å²) in [7, 11) is 0. The highest BCUT2D eigenvalue weighted by Gasteiger charge is 2.05. The van der Waals surface area contributed by atoms with Gasteiger partial charge in [-0.25, -0.2) is 4.98 Å². The average molecular weight is 190 g/mol. The number of hydrogen-bond acceptors (Lipinski definition) is 2. The van der Waals surface area contributed by atoms with Crippen LogP contribution in [0, 0.1) is 0 Å². The third-order valence-electron chi connectivity index (χ3n) is 2.32. The lowest BCUT2D eigenvalue weighted by Gasteiger charge is -1.95. The molecule has 2 aromatic rings. The van der Waals surface area contributed by atoms with E-state index in [1.807, 2.05) is 28.9 Å². The molecule has 1 N–H and O–H groups in total. The first-order valence-corrected chi connectivity index (χ1v) is 4.79. The Morgan fingerprint density at radius 2 is 2.29 bits per heavy atom. The number of nitrogens with zero attached hydrogens (tertiary/aromatic N) is 2. The van der Waals surface area contributed by atoms with Crippen LogP contribution in [0.15, 0.2) is 24.5 Å². The van der Waals surface area contributed by atoms with Crippen LogP contribution in [0.5, 0.6) is 0 Å². The molecule has 2 rings (SSSR count). The van der Waals surface area contributed by atoms with Crippen LogP contribution in [0.25, 0.3) is 5.65 Å². The zero-order valence-corrected chi connectivity index (χ0v) is 8.44. The van der Waals surface area contributed by atoms with Crippen molar-refractivity contribution in [1.29, 1.82) is 0 Å². The Kier molecular flexibility index (Phi) is 2.25. The van der Waals surface area contributed by atoms with Crippen LogP contribution in [0.1, 0.15) is 31.0 Å². The van der Waals surface area contributed by atoms with Crippen molar-refractivity contribution in [3.63, 3.8) is 0 Å². The first kappa shape index (κ1) is 9.21. The van der Waals surface area contributed by atoms with Crippen LogP contribution < -0.4 is 0 Å². The fraction of sp³-hybridized carbons (Fsp3) is 0.364. The molecule has 0 unspecified atom stereocenters. The Bertz CT molecular complexity index is 445. The third kappa shape index (κ3) is 1.51. The van der Waals surface area contributed by atoms with E-state index in [2.05, 4.69) is 18.8 Å². The normalized spacial score (nSPS) is 11.4. The van der Waals surface area contributed by atoms with Crippen molar-refractivity contribution in [2.45, 2.75) is 26.4 Å². The quantitative estimate of drug-likeness (QED) is 0.786. The average Bonchev–Trinajstić information content (AvgIpc) is 2.59. The summed E-state index contributed by atoms with van der Waals surface area (Å²) < 4.78 is 1.98. The molecule has 14 heavy (non-hydrogen) atoms. The smallest absolute Gasteiger partial charge is 0.137 e. The minimum atomic E-state index is 0.0698. The molecule has 0 atom stereocenters. The number of aliphatic hydroxyl groups is 1. The van der Waals surface area contributed by atoms with Crippen LogP contribution in [-0.4, -0.2) is 14.5 Å². The number of fused-ring (bicyclic) bond motifs is 1. The summed E-state index contributed by atoms with van der Waals surface area (Å²) in [6, 6.07) is 3.81. The number of hydrogen-bond donors (Lipinski definition) is 1. The van der Waals surface area contributed by atoms with Crippen LogP contribution in [0.4, 0.5) is 0 Å². The van der Waals surface area contributed by atoms with Gasteiger partial charge in [-0.1, -0.05) is 13.8 Å². The first-order valence-electron chi connectivity index (χ1n) is 4.79. The van der Waals surface area contributed by atoms with Crippen LogP contribution in [0.2, 0.25) is 0 Å². The van der Waals surface area contributed by atoms with E-state index in [9.17, 15) is 0 Å². The second-order valence-electron chi connectivity index (χ2n) is 3.78. The molecule has 0 saturated carbocycles. The van der Waals surface area contributed by atoms with Gasteiger partial charge < -0.3 is 9.51 Å². The van der Waals surface area contributed by atoms with Gasteiger partial charge in [0, 0.05) is 12.4 Å². The summed E-state index contributed by atoms with van der Waals surface area (Å²) in [4.78, 5) is 4.47. The predicted octanol–water partition coefficient (Wildman–Crippen LogP) is 1.95. The number of pyridine rings is 1. The molecule has 0 amide bonds. The molecule has 0 aliphatic rings. The molecular formula is C11H14N2O. The molecule has 0 saturated heterocycles. The molecular weight excluding hydrogens is 176 g/mol. The number of aromatic nitrogens is 2. The van der Waals surface area contributed by atoms with Gasteiger partial charge in [-0.2, -0.15) is 0 Å². The second kappa shape index (κ2) is 3.42. The highest BCUT2D eigenvalue weighted by molar-refractivity contribution is 5.43. The summed E-state index contributed by atoms with van der Waals surface area (Å²) in [5.41, 5.74) is 2.89. The molecule has 3 nitrogen and oxygen atoms in total. The van der Waals surface area contributed by atoms with Crippen molar-refractivity contribution in [2.24, 2.45) is 0 Å². The molecule has 0 fully saturated rings. The summed E-state index contributed by atoms with van der Waals surface area (Å²) >= 11 is 0. The van der Waals surface area contributed by atoms with Gasteiger partial charge in [0.05, 0.1) is 12.3 Å². The van der Waals surface area contributed by atoms with Gasteiger partial charge in [0.1, 0.15) is 5.65 Å². The Morgan fingerprint density at radius 3 is 2.93 bits per heavy atom. The lowest BCUT2D eigenvalue weighted by Crippen LogP contribution is -1.87. The van der Waals surface area contributed by atoms with Gasteiger partial charge in [-0.15, -0.1) is 0 Å². The van der Waals surface area contributed by atoms with Gasteiger partial charge in [0.15, 0.2) is 0 Å². The lowest BCUT2D eigenvalue weighted by molar-refractivity contribution is 0.282. The zero-order chi connectivity index (χ0) is 10.1. The van der Waals surface area contributed by atoms with E-state index in [0.29, 0.717) is 5.92 Å². The van der Waals surface area contributed by atoms with Crippen LogP contribution in [0.3, 0.4) is 0 Å². The third-order valence-corrected chi connectivity index (χ3v) is 2.32. The summed E-state index contributed by atoms with van der Waals surface area (Å²) in [6.45, 7) is 4.31. The van der Waals surface area contributed by atoms with Gasteiger partial charge in [0.2, 0.25) is 0 Å². The molecule has 2 heterocycles. The van der Waals surface area contributed by atoms with Crippen LogP contribution >= 0.6 is 0 Å². The summed E-state index contributed by atoms with van der Waals surface area (Å²) in [6.07, 6.45) is 3.96. The molecule has 0 bridgehead atoms. The predicted molar refractivity (Wildman–Crippen MR) is 55.2 cm³/mol. The SMILES string of the molecule is CC(C)c1cn2ccc(CO)cc2n1. The van der Waals surface area contributed by atoms with E-state index in [0.717, 1.165) is 16.9 Å². The van der Waals surface area contributed by atoms with Crippen molar-refractivity contribution < 1.29 is 5.11 Å². The maximum absolute atomic E-state index is 8.98. The summed E-state index contributed by atoms with van der Waals surface area (Å²) in [5, 5.41) is 8.98. The maximum Gasteiger partial charge on any atom is 0.137 e. The van der Waals surface area contributed by atoms with E-state index in [-0.39, 0.29) is 6.61 Å². The van der Waals surface area contributed by atoms with Crippen molar-refractivity contribution in [3.8, 4) is 0 Å². The molecule has 0 aromatic carbocycles. The van der Waals surface area contributed by atoms with E-state index in [1.165, 1.54) is 0 Å². The lowest BCUT2D eigenvalue weighted by atomic mass is 10.2. The Hall–Kier alpha value is -1.35. The van der Waals surface area contributed by atoms with Crippen LogP contribution in [-0.2, 0) is 6.61 Å². The molecule has 74 valence electrons. The van der Waals surface area contributed by atoms with Crippen molar-refractivity contribution in [2.75, 3.05) is 0 Å². The largest absolute Gasteiger partial charge is 0.392 e. The van der Waals surface area contributed by atoms with E-state index < -0.39 is 0 Å². The highest BCUT2D eigenvalue weighted by atomic mass is 16.3. The number of rotatable bonds is 2. The topological polar surface area (TPSA) is 37.5 Å². The molecule has 2 aromatic heterocycles. The standard InChI is InChI=1S/C11H14N2O/c1-8(2)10-6-13-4-3-9(7-14)5-11(13)12-10/h3-6,8,14H,7H2,1-2H3. The fourth-order valence-corrected chi connectivity index (χ4v) is 1.42. The number of aliphatic hydroxyl groups excluding tert-OH is 1. The van der Waals surface area contributed by atoms with Gasteiger partial charge in [-0.3, -0.25) is 0 Å². The van der Waals surface area contributed by atoms with Crippen molar-refractivity contribution in [3.05, 3.63) is 35.8 Å². The van der Waals surface area contributed by atoms with Crippen molar-refractivity contribution >= 4 is 5.65 Å². The maximum atomic E-state index is 8.98. The minimum absolute atomic E-state index is 0.0698. The van der Waals surface area contributed by atoms with Gasteiger partial charge in [-0.05, 0) is 23.6 Å². The molecule has 0 aliphatic carbocycles. The Balaban J connectivity index is 2.54. The molecule has 0 spiro atoms. The zero-order valence-electron chi connectivity index (χ0n) is 8.44. The van der Waals surface area contributed by atoms with E-state index >= 15 is 0 Å². The van der Waals surface area contributed by atoms with E-state index in [1.54, 1.807) is 0 Å². The first-order chi connectivity index (χ1) is 6.70. The monoisotopic (exact) mass is 190 g/mol. The number of imidazole rings is 1. The van der Waals surface area contributed by atoms with Crippen molar-refractivity contribution in [1.82, 2.24) is 9.38 Å². The summed E-state index contributed by atoms with van der Waals surface area (Å²) in [5.74, 6) is 0.437. The fourth-order valence-electron chi connectivity index (χ4n) is 1.42. The molecule has 3 heteroatoms. The van der Waals surface area contributed by atoms with Gasteiger partial charge in [0.25, 0.3) is 0 Å². The Morgan fingerprint density at radius 1 is 1.50 bits per heavy atom. The van der Waals surface area contributed by atoms with Gasteiger partial charge >= 0.3 is 0 Å². The molecule has 0 aliphatic heterocycles. The Labute approximate surface area is 83.0 Å².